The predicted molar refractivity (Wildman–Crippen MR) is 80.6 cm³/mol. The highest BCUT2D eigenvalue weighted by Gasteiger charge is 2.41. The number of hydrogen-bond acceptors (Lipinski definition) is 3. The molecule has 1 fully saturated rings. The van der Waals surface area contributed by atoms with Gasteiger partial charge >= 0.3 is 5.97 Å². The van der Waals surface area contributed by atoms with Gasteiger partial charge in [0.25, 0.3) is 5.91 Å². The van der Waals surface area contributed by atoms with Crippen molar-refractivity contribution in [3.8, 4) is 0 Å². The number of nitrogens with one attached hydrogen (secondary N) is 1. The maximum Gasteiger partial charge on any atom is 0.311 e. The van der Waals surface area contributed by atoms with Gasteiger partial charge in [0, 0.05) is 6.54 Å². The minimum atomic E-state index is -0.809. The first kappa shape index (κ1) is 15.0. The standard InChI is InChI=1S/C12H13Br2NO3S/c13-8-5-7(9(14)19-8)10(16)15-6-12(11(17)18)3-1-2-4-12/h5H,1-4,6H2,(H,15,16)(H,17,18). The van der Waals surface area contributed by atoms with Gasteiger partial charge in [0.2, 0.25) is 0 Å². The number of thiophene rings is 1. The van der Waals surface area contributed by atoms with Crippen molar-refractivity contribution in [2.45, 2.75) is 25.7 Å². The predicted octanol–water partition coefficient (Wildman–Crippen LogP) is 3.65. The largest absolute Gasteiger partial charge is 0.481 e. The molecule has 19 heavy (non-hydrogen) atoms. The summed E-state index contributed by atoms with van der Waals surface area (Å²) in [7, 11) is 0. The Morgan fingerprint density at radius 1 is 1.37 bits per heavy atom. The van der Waals surface area contributed by atoms with Crippen LogP contribution in [-0.4, -0.2) is 23.5 Å². The third-order valence-corrected chi connectivity index (χ3v) is 5.84. The van der Waals surface area contributed by atoms with Crippen molar-refractivity contribution >= 4 is 55.1 Å². The van der Waals surface area contributed by atoms with Crippen LogP contribution in [0.1, 0.15) is 36.0 Å². The maximum absolute atomic E-state index is 12.1. The second-order valence-electron chi connectivity index (χ2n) is 4.71. The number of halogens is 2. The summed E-state index contributed by atoms with van der Waals surface area (Å²) in [5.41, 5.74) is -0.245. The number of rotatable bonds is 4. The molecule has 4 nitrogen and oxygen atoms in total. The molecule has 104 valence electrons. The number of carboxylic acid groups (broad SMARTS) is 1. The second kappa shape index (κ2) is 5.93. The second-order valence-corrected chi connectivity index (χ2v) is 8.46. The number of amides is 1. The van der Waals surface area contributed by atoms with Gasteiger partial charge in [-0.1, -0.05) is 12.8 Å². The zero-order chi connectivity index (χ0) is 14.0. The summed E-state index contributed by atoms with van der Waals surface area (Å²) in [5, 5.41) is 12.1. The summed E-state index contributed by atoms with van der Waals surface area (Å²) < 4.78 is 1.60. The topological polar surface area (TPSA) is 66.4 Å². The van der Waals surface area contributed by atoms with Crippen LogP contribution in [0.5, 0.6) is 0 Å². The van der Waals surface area contributed by atoms with E-state index in [4.69, 9.17) is 0 Å². The van der Waals surface area contributed by atoms with Crippen LogP contribution in [0.3, 0.4) is 0 Å². The molecule has 0 saturated heterocycles. The number of hydrogen-bond donors (Lipinski definition) is 2. The van der Waals surface area contributed by atoms with Crippen LogP contribution in [0.15, 0.2) is 13.6 Å². The van der Waals surface area contributed by atoms with Crippen LogP contribution in [0.4, 0.5) is 0 Å². The van der Waals surface area contributed by atoms with Crippen LogP contribution in [0.25, 0.3) is 0 Å². The Morgan fingerprint density at radius 2 is 2.00 bits per heavy atom. The number of carboxylic acids is 1. The number of carbonyl (C=O) groups is 2. The van der Waals surface area contributed by atoms with E-state index in [1.54, 1.807) is 6.07 Å². The molecule has 0 aromatic carbocycles. The molecule has 2 rings (SSSR count). The van der Waals surface area contributed by atoms with Gasteiger partial charge in [-0.3, -0.25) is 9.59 Å². The van der Waals surface area contributed by atoms with Crippen LogP contribution in [-0.2, 0) is 4.79 Å². The molecule has 2 N–H and O–H groups in total. The van der Waals surface area contributed by atoms with E-state index in [0.717, 1.165) is 20.4 Å². The molecule has 1 aliphatic rings. The molecule has 7 heteroatoms. The molecule has 1 saturated carbocycles. The Morgan fingerprint density at radius 3 is 2.47 bits per heavy atom. The van der Waals surface area contributed by atoms with Gasteiger partial charge in [0.15, 0.2) is 0 Å². The Bertz CT molecular complexity index is 509. The molecular formula is C12H13Br2NO3S. The van der Waals surface area contributed by atoms with Crippen molar-refractivity contribution in [3.05, 3.63) is 19.2 Å². The summed E-state index contributed by atoms with van der Waals surface area (Å²) in [4.78, 5) is 23.4. The molecule has 1 heterocycles. The number of aliphatic carboxylic acids is 1. The van der Waals surface area contributed by atoms with Crippen molar-refractivity contribution in [1.29, 1.82) is 0 Å². The van der Waals surface area contributed by atoms with Crippen molar-refractivity contribution in [2.24, 2.45) is 5.41 Å². The van der Waals surface area contributed by atoms with Gasteiger partial charge in [-0.25, -0.2) is 0 Å². The van der Waals surface area contributed by atoms with E-state index in [1.165, 1.54) is 11.3 Å². The molecule has 1 aliphatic carbocycles. The molecule has 0 bridgehead atoms. The van der Waals surface area contributed by atoms with E-state index in [-0.39, 0.29) is 12.5 Å². The zero-order valence-corrected chi connectivity index (χ0v) is 14.0. The Hall–Kier alpha value is -0.400. The normalized spacial score (nSPS) is 17.4. The minimum absolute atomic E-state index is 0.196. The summed E-state index contributed by atoms with van der Waals surface area (Å²) in [6.07, 6.45) is 3.10. The van der Waals surface area contributed by atoms with Crippen LogP contribution in [0, 0.1) is 5.41 Å². The average molecular weight is 411 g/mol. The van der Waals surface area contributed by atoms with E-state index in [0.29, 0.717) is 18.4 Å². The van der Waals surface area contributed by atoms with Gasteiger partial charge in [-0.05, 0) is 50.8 Å². The lowest BCUT2D eigenvalue weighted by Gasteiger charge is -2.23. The van der Waals surface area contributed by atoms with E-state index in [1.807, 2.05) is 0 Å². The molecule has 1 amide bonds. The fourth-order valence-corrected chi connectivity index (χ4v) is 5.15. The van der Waals surface area contributed by atoms with Crippen molar-refractivity contribution in [3.63, 3.8) is 0 Å². The smallest absolute Gasteiger partial charge is 0.311 e. The summed E-state index contributed by atoms with van der Waals surface area (Å²) >= 11 is 8.06. The van der Waals surface area contributed by atoms with E-state index in [2.05, 4.69) is 37.2 Å². The highest BCUT2D eigenvalue weighted by Crippen LogP contribution is 2.38. The first-order valence-corrected chi connectivity index (χ1v) is 8.31. The average Bonchev–Trinajstić information content (AvgIpc) is 2.94. The quantitative estimate of drug-likeness (QED) is 0.795. The van der Waals surface area contributed by atoms with Gasteiger partial charge in [0.1, 0.15) is 0 Å². The van der Waals surface area contributed by atoms with Crippen LogP contribution >= 0.6 is 43.2 Å². The molecule has 0 atom stereocenters. The SMILES string of the molecule is O=C(NCC1(C(=O)O)CCCC1)c1cc(Br)sc1Br. The Labute approximate surface area is 131 Å². The van der Waals surface area contributed by atoms with Crippen molar-refractivity contribution < 1.29 is 14.7 Å². The lowest BCUT2D eigenvalue weighted by Crippen LogP contribution is -2.41. The molecule has 1 aromatic heterocycles. The molecule has 0 radical (unpaired) electrons. The van der Waals surface area contributed by atoms with E-state index >= 15 is 0 Å². The lowest BCUT2D eigenvalue weighted by molar-refractivity contribution is -0.148. The Balaban J connectivity index is 2.04. The minimum Gasteiger partial charge on any atom is -0.481 e. The van der Waals surface area contributed by atoms with Gasteiger partial charge in [-0.15, -0.1) is 11.3 Å². The summed E-state index contributed by atoms with van der Waals surface area (Å²) in [5.74, 6) is -1.04. The first-order chi connectivity index (χ1) is 8.94. The fraction of sp³-hybridized carbons (Fsp3) is 0.500. The zero-order valence-electron chi connectivity index (χ0n) is 10.0. The Kier molecular flexibility index (Phi) is 4.68. The number of carbonyl (C=O) groups excluding carboxylic acids is 1. The molecule has 0 aliphatic heterocycles. The monoisotopic (exact) mass is 409 g/mol. The molecule has 0 unspecified atom stereocenters. The summed E-state index contributed by atoms with van der Waals surface area (Å²) in [6, 6.07) is 1.73. The highest BCUT2D eigenvalue weighted by molar-refractivity contribution is 9.12. The fourth-order valence-electron chi connectivity index (χ4n) is 2.36. The molecule has 1 aromatic rings. The van der Waals surface area contributed by atoms with Crippen molar-refractivity contribution in [1.82, 2.24) is 5.32 Å². The van der Waals surface area contributed by atoms with E-state index < -0.39 is 11.4 Å². The maximum atomic E-state index is 12.1. The van der Waals surface area contributed by atoms with Gasteiger partial charge < -0.3 is 10.4 Å². The lowest BCUT2D eigenvalue weighted by atomic mass is 9.86. The third kappa shape index (κ3) is 3.20. The van der Waals surface area contributed by atoms with Gasteiger partial charge in [-0.2, -0.15) is 0 Å². The summed E-state index contributed by atoms with van der Waals surface area (Å²) in [6.45, 7) is 0.196. The van der Waals surface area contributed by atoms with Crippen LogP contribution in [0.2, 0.25) is 0 Å². The van der Waals surface area contributed by atoms with Crippen molar-refractivity contribution in [2.75, 3.05) is 6.54 Å². The van der Waals surface area contributed by atoms with Crippen LogP contribution < -0.4 is 5.32 Å². The third-order valence-electron chi connectivity index (χ3n) is 3.50. The first-order valence-electron chi connectivity index (χ1n) is 5.91. The van der Waals surface area contributed by atoms with Gasteiger partial charge in [0.05, 0.1) is 18.6 Å². The molecule has 0 spiro atoms. The highest BCUT2D eigenvalue weighted by atomic mass is 79.9. The van der Waals surface area contributed by atoms with E-state index in [9.17, 15) is 14.7 Å². The molecular weight excluding hydrogens is 398 g/mol.